The lowest BCUT2D eigenvalue weighted by Gasteiger charge is -2.35. The van der Waals surface area contributed by atoms with E-state index in [1.807, 2.05) is 30.0 Å². The first-order chi connectivity index (χ1) is 14.9. The highest BCUT2D eigenvalue weighted by molar-refractivity contribution is 8.00. The average molecular weight is 464 g/mol. The first kappa shape index (κ1) is 23.5. The Bertz CT molecular complexity index is 1030. The maximum atomic E-state index is 12.6. The van der Waals surface area contributed by atoms with Gasteiger partial charge in [-0.25, -0.2) is 0 Å². The number of thioether (sulfide) groups is 1. The summed E-state index contributed by atoms with van der Waals surface area (Å²) in [5, 5.41) is 0. The van der Waals surface area contributed by atoms with Crippen molar-refractivity contribution in [2.45, 2.75) is 52.1 Å². The van der Waals surface area contributed by atoms with Crippen LogP contribution in [0.15, 0.2) is 23.2 Å². The highest BCUT2D eigenvalue weighted by atomic mass is 32.2. The number of aromatic nitrogens is 1. The molecule has 0 N–H and O–H groups in total. The molecule has 1 aliphatic rings. The average Bonchev–Trinajstić information content (AvgIpc) is 3.08. The molecule has 3 rings (SSSR count). The maximum absolute atomic E-state index is 12.6. The second-order valence-electron chi connectivity index (χ2n) is 7.66. The normalized spacial score (nSPS) is 17.2. The Labute approximate surface area is 190 Å². The number of likely N-dealkylation sites (tertiary alicyclic amines) is 1. The number of amides is 2. The summed E-state index contributed by atoms with van der Waals surface area (Å²) in [5.74, 6) is -0.207. The quantitative estimate of drug-likeness (QED) is 0.590. The topological polar surface area (TPSA) is 81.0 Å². The summed E-state index contributed by atoms with van der Waals surface area (Å²) in [7, 11) is 1.34. The van der Waals surface area contributed by atoms with E-state index in [0.717, 1.165) is 41.6 Å². The van der Waals surface area contributed by atoms with Crippen molar-refractivity contribution in [3.8, 4) is 0 Å². The Morgan fingerprint density at radius 2 is 2.06 bits per heavy atom. The molecule has 0 spiro atoms. The fourth-order valence-electron chi connectivity index (χ4n) is 3.81. The number of piperidine rings is 1. The SMILES string of the molecule is CCC1CCCCN1C(=O)CSCC(=O)N=c1sc2cc(C)ccc2n1CC(=O)OC. The number of hydrogen-bond acceptors (Lipinski definition) is 6. The van der Waals surface area contributed by atoms with Gasteiger partial charge >= 0.3 is 5.97 Å². The van der Waals surface area contributed by atoms with E-state index in [2.05, 4.69) is 11.9 Å². The number of hydrogen-bond donors (Lipinski definition) is 0. The number of thiazole rings is 1. The fourth-order valence-corrected chi connectivity index (χ4v) is 5.64. The van der Waals surface area contributed by atoms with Crippen molar-refractivity contribution in [3.63, 3.8) is 0 Å². The second kappa shape index (κ2) is 10.9. The zero-order valence-electron chi connectivity index (χ0n) is 18.3. The molecule has 7 nitrogen and oxygen atoms in total. The maximum Gasteiger partial charge on any atom is 0.325 e. The fraction of sp³-hybridized carbons (Fsp3) is 0.545. The first-order valence-electron chi connectivity index (χ1n) is 10.5. The number of carbonyl (C=O) groups is 3. The summed E-state index contributed by atoms with van der Waals surface area (Å²) in [4.78, 5) is 43.6. The molecule has 1 aliphatic heterocycles. The van der Waals surface area contributed by atoms with Crippen LogP contribution in [0.4, 0.5) is 0 Å². The number of nitrogens with zero attached hydrogens (tertiary/aromatic N) is 3. The number of esters is 1. The monoisotopic (exact) mass is 463 g/mol. The molecular weight excluding hydrogens is 434 g/mol. The van der Waals surface area contributed by atoms with Gasteiger partial charge in [-0.3, -0.25) is 14.4 Å². The van der Waals surface area contributed by atoms with Gasteiger partial charge in [0, 0.05) is 12.6 Å². The largest absolute Gasteiger partial charge is 0.468 e. The van der Waals surface area contributed by atoms with Gasteiger partial charge in [-0.2, -0.15) is 4.99 Å². The molecule has 1 atom stereocenters. The van der Waals surface area contributed by atoms with Crippen molar-refractivity contribution >= 4 is 51.1 Å². The highest BCUT2D eigenvalue weighted by Crippen LogP contribution is 2.21. The third-order valence-corrected chi connectivity index (χ3v) is 7.39. The molecule has 0 radical (unpaired) electrons. The van der Waals surface area contributed by atoms with Crippen LogP contribution in [-0.4, -0.2) is 58.5 Å². The van der Waals surface area contributed by atoms with Gasteiger partial charge in [0.15, 0.2) is 4.80 Å². The lowest BCUT2D eigenvalue weighted by atomic mass is 10.0. The van der Waals surface area contributed by atoms with Crippen molar-refractivity contribution in [1.82, 2.24) is 9.47 Å². The molecule has 168 valence electrons. The molecule has 0 saturated carbocycles. The molecule has 31 heavy (non-hydrogen) atoms. The molecule has 0 aliphatic carbocycles. The summed E-state index contributed by atoms with van der Waals surface area (Å²) >= 11 is 2.67. The van der Waals surface area contributed by atoms with E-state index in [1.165, 1.54) is 36.6 Å². The second-order valence-corrected chi connectivity index (χ2v) is 9.66. The van der Waals surface area contributed by atoms with Gasteiger partial charge in [0.1, 0.15) is 6.54 Å². The minimum absolute atomic E-state index is 0.00926. The third kappa shape index (κ3) is 5.98. The minimum atomic E-state index is -0.402. The van der Waals surface area contributed by atoms with Crippen LogP contribution in [0.5, 0.6) is 0 Å². The number of ether oxygens (including phenoxy) is 1. The van der Waals surface area contributed by atoms with Gasteiger partial charge < -0.3 is 14.2 Å². The van der Waals surface area contributed by atoms with Crippen LogP contribution < -0.4 is 4.80 Å². The molecule has 0 bridgehead atoms. The van der Waals surface area contributed by atoms with Crippen molar-refractivity contribution in [2.24, 2.45) is 4.99 Å². The van der Waals surface area contributed by atoms with Gasteiger partial charge in [0.25, 0.3) is 5.91 Å². The van der Waals surface area contributed by atoms with E-state index in [9.17, 15) is 14.4 Å². The van der Waals surface area contributed by atoms with E-state index in [-0.39, 0.29) is 29.9 Å². The zero-order valence-corrected chi connectivity index (χ0v) is 19.9. The Morgan fingerprint density at radius 1 is 1.26 bits per heavy atom. The van der Waals surface area contributed by atoms with Crippen LogP contribution in [0.25, 0.3) is 10.2 Å². The summed E-state index contributed by atoms with van der Waals surface area (Å²) in [6.45, 7) is 4.91. The van der Waals surface area contributed by atoms with Crippen molar-refractivity contribution in [3.05, 3.63) is 28.6 Å². The van der Waals surface area contributed by atoms with E-state index in [4.69, 9.17) is 4.74 Å². The van der Waals surface area contributed by atoms with Crippen LogP contribution in [0.2, 0.25) is 0 Å². The van der Waals surface area contributed by atoms with Crippen LogP contribution >= 0.6 is 23.1 Å². The molecular formula is C22H29N3O4S2. The zero-order chi connectivity index (χ0) is 22.4. The molecule has 2 aromatic rings. The van der Waals surface area contributed by atoms with Crippen LogP contribution in [-0.2, 0) is 25.7 Å². The highest BCUT2D eigenvalue weighted by Gasteiger charge is 2.25. The predicted molar refractivity (Wildman–Crippen MR) is 124 cm³/mol. The van der Waals surface area contributed by atoms with Crippen molar-refractivity contribution in [1.29, 1.82) is 0 Å². The number of methoxy groups -OCH3 is 1. The number of fused-ring (bicyclic) bond motifs is 1. The smallest absolute Gasteiger partial charge is 0.325 e. The lowest BCUT2D eigenvalue weighted by molar-refractivity contribution is -0.141. The van der Waals surface area contributed by atoms with E-state index in [1.54, 1.807) is 4.57 Å². The van der Waals surface area contributed by atoms with Gasteiger partial charge in [-0.15, -0.1) is 11.8 Å². The van der Waals surface area contributed by atoms with E-state index < -0.39 is 5.97 Å². The Kier molecular flexibility index (Phi) is 8.31. The Morgan fingerprint density at radius 3 is 2.81 bits per heavy atom. The summed E-state index contributed by atoms with van der Waals surface area (Å²) in [6.07, 6.45) is 4.25. The van der Waals surface area contributed by atoms with Gasteiger partial charge in [0.2, 0.25) is 5.91 Å². The van der Waals surface area contributed by atoms with Crippen LogP contribution in [0.3, 0.4) is 0 Å². The van der Waals surface area contributed by atoms with Crippen molar-refractivity contribution < 1.29 is 19.1 Å². The predicted octanol–water partition coefficient (Wildman–Crippen LogP) is 3.14. The van der Waals surface area contributed by atoms with Gasteiger partial charge in [0.05, 0.1) is 28.8 Å². The van der Waals surface area contributed by atoms with Crippen LogP contribution in [0, 0.1) is 6.92 Å². The standard InChI is InChI=1S/C22H29N3O4S2/c1-4-16-7-5-6-10-24(16)20(27)14-30-13-19(26)23-22-25(12-21(28)29-3)17-9-8-15(2)11-18(17)31-22/h8-9,11,16H,4-7,10,12-14H2,1-3H3. The number of rotatable bonds is 7. The molecule has 1 unspecified atom stereocenters. The lowest BCUT2D eigenvalue weighted by Crippen LogP contribution is -2.44. The van der Waals surface area contributed by atoms with Gasteiger partial charge in [-0.1, -0.05) is 24.3 Å². The Hall–Kier alpha value is -2.13. The summed E-state index contributed by atoms with van der Waals surface area (Å²) < 4.78 is 7.45. The molecule has 9 heteroatoms. The number of carbonyl (C=O) groups excluding carboxylic acids is 3. The first-order valence-corrected chi connectivity index (χ1v) is 12.5. The van der Waals surface area contributed by atoms with Crippen molar-refractivity contribution in [2.75, 3.05) is 25.2 Å². The van der Waals surface area contributed by atoms with Gasteiger partial charge in [-0.05, 0) is 50.3 Å². The summed E-state index contributed by atoms with van der Waals surface area (Å²) in [6, 6.07) is 6.21. The molecule has 1 aromatic heterocycles. The van der Waals surface area contributed by atoms with Crippen LogP contribution in [0.1, 0.15) is 38.2 Å². The molecule has 1 aromatic carbocycles. The summed E-state index contributed by atoms with van der Waals surface area (Å²) in [5.41, 5.74) is 1.93. The minimum Gasteiger partial charge on any atom is -0.468 e. The number of aryl methyl sites for hydroxylation is 1. The molecule has 1 saturated heterocycles. The van der Waals surface area contributed by atoms with E-state index in [0.29, 0.717) is 10.8 Å². The van der Waals surface area contributed by atoms with E-state index >= 15 is 0 Å². The molecule has 1 fully saturated rings. The molecule has 2 amide bonds. The third-order valence-electron chi connectivity index (χ3n) is 5.44. The Balaban J connectivity index is 1.69. The molecule has 2 heterocycles. The number of benzene rings is 1.